The zero-order chi connectivity index (χ0) is 55.0. The highest BCUT2D eigenvalue weighted by Crippen LogP contribution is 2.17. The molecule has 0 N–H and O–H groups in total. The van der Waals surface area contributed by atoms with Crippen LogP contribution in [0.1, 0.15) is 335 Å². The van der Waals surface area contributed by atoms with Gasteiger partial charge in [0.05, 0.1) is 0 Å². The predicted molar refractivity (Wildman–Crippen MR) is 330 cm³/mol. The van der Waals surface area contributed by atoms with E-state index >= 15 is 0 Å². The molecule has 0 amide bonds. The molecule has 0 saturated carbocycles. The van der Waals surface area contributed by atoms with Gasteiger partial charge < -0.3 is 14.2 Å². The number of carbonyl (C=O) groups excluding carboxylic acids is 3. The number of allylic oxidation sites excluding steroid dienone is 12. The van der Waals surface area contributed by atoms with E-state index in [0.29, 0.717) is 19.3 Å². The maximum Gasteiger partial charge on any atom is 0.306 e. The zero-order valence-corrected chi connectivity index (χ0v) is 50.5. The van der Waals surface area contributed by atoms with Gasteiger partial charge in [0.15, 0.2) is 6.10 Å². The van der Waals surface area contributed by atoms with Gasteiger partial charge >= 0.3 is 17.9 Å². The highest BCUT2D eigenvalue weighted by molar-refractivity contribution is 5.71. The summed E-state index contributed by atoms with van der Waals surface area (Å²) in [6, 6.07) is 0. The van der Waals surface area contributed by atoms with Crippen molar-refractivity contribution in [2.24, 2.45) is 0 Å². The Balaban J connectivity index is 4.35. The minimum Gasteiger partial charge on any atom is -0.462 e. The van der Waals surface area contributed by atoms with E-state index < -0.39 is 6.10 Å². The summed E-state index contributed by atoms with van der Waals surface area (Å²) in [7, 11) is 0. The number of hydrogen-bond donors (Lipinski definition) is 0. The molecule has 1 unspecified atom stereocenters. The standard InChI is InChI=1S/C70H124O6/c1-4-7-10-13-16-19-22-25-28-30-32-34-35-36-38-39-42-45-48-51-54-57-60-63-69(72)75-66-67(65-74-68(71)62-59-56-53-50-47-44-41-27-24-21-18-15-12-9-6-3)76-70(73)64-61-58-55-52-49-46-43-40-37-33-31-29-26-23-20-17-14-11-8-5-2/h9,12,18,21-22,25,27,30,32,41,47,50,67H,4-8,10-11,13-17,19-20,23-24,26,28-29,31,33-40,42-46,48-49,51-66H2,1-3H3/b12-9-,21-18-,25-22-,32-30-,41-27-,50-47-. The van der Waals surface area contributed by atoms with E-state index in [-0.39, 0.29) is 31.1 Å². The summed E-state index contributed by atoms with van der Waals surface area (Å²) in [4.78, 5) is 38.3. The van der Waals surface area contributed by atoms with E-state index in [2.05, 4.69) is 93.7 Å². The second-order valence-electron chi connectivity index (χ2n) is 22.0. The predicted octanol–water partition coefficient (Wildman–Crippen LogP) is 22.5. The lowest BCUT2D eigenvalue weighted by Crippen LogP contribution is -2.30. The van der Waals surface area contributed by atoms with E-state index in [9.17, 15) is 14.4 Å². The van der Waals surface area contributed by atoms with Crippen molar-refractivity contribution >= 4 is 17.9 Å². The van der Waals surface area contributed by atoms with Crippen LogP contribution in [0.2, 0.25) is 0 Å². The number of esters is 3. The zero-order valence-electron chi connectivity index (χ0n) is 50.5. The van der Waals surface area contributed by atoms with Crippen LogP contribution in [0.4, 0.5) is 0 Å². The molecule has 0 fully saturated rings. The first kappa shape index (κ1) is 72.8. The molecule has 0 aromatic heterocycles. The van der Waals surface area contributed by atoms with Crippen LogP contribution in [-0.2, 0) is 28.6 Å². The number of hydrogen-bond acceptors (Lipinski definition) is 6. The highest BCUT2D eigenvalue weighted by atomic mass is 16.6. The van der Waals surface area contributed by atoms with Crippen LogP contribution >= 0.6 is 0 Å². The van der Waals surface area contributed by atoms with Gasteiger partial charge in [-0.05, 0) is 89.9 Å². The molecular formula is C70H124O6. The summed E-state index contributed by atoms with van der Waals surface area (Å²) >= 11 is 0. The third-order valence-corrected chi connectivity index (χ3v) is 14.4. The van der Waals surface area contributed by atoms with E-state index in [4.69, 9.17) is 14.2 Å². The molecule has 6 nitrogen and oxygen atoms in total. The van der Waals surface area contributed by atoms with Crippen LogP contribution < -0.4 is 0 Å². The summed E-state index contributed by atoms with van der Waals surface area (Å²) < 4.78 is 16.9. The van der Waals surface area contributed by atoms with E-state index in [1.165, 1.54) is 205 Å². The quantitative estimate of drug-likeness (QED) is 0.0261. The van der Waals surface area contributed by atoms with Crippen LogP contribution in [0.3, 0.4) is 0 Å². The summed E-state index contributed by atoms with van der Waals surface area (Å²) in [6.45, 7) is 6.53. The fourth-order valence-electron chi connectivity index (χ4n) is 9.53. The normalized spacial score (nSPS) is 12.5. The smallest absolute Gasteiger partial charge is 0.306 e. The van der Waals surface area contributed by atoms with Crippen LogP contribution in [0, 0.1) is 0 Å². The Morgan fingerprint density at radius 2 is 0.513 bits per heavy atom. The molecule has 0 aromatic carbocycles. The van der Waals surface area contributed by atoms with Gasteiger partial charge in [-0.15, -0.1) is 0 Å². The van der Waals surface area contributed by atoms with Crippen LogP contribution in [0.15, 0.2) is 72.9 Å². The Bertz CT molecular complexity index is 1400. The Labute approximate surface area is 472 Å². The average molecular weight is 1060 g/mol. The molecule has 6 heteroatoms. The molecule has 0 bridgehead atoms. The maximum absolute atomic E-state index is 12.9. The Morgan fingerprint density at radius 3 is 0.829 bits per heavy atom. The van der Waals surface area contributed by atoms with Crippen molar-refractivity contribution in [1.29, 1.82) is 0 Å². The molecule has 0 aliphatic heterocycles. The number of carbonyl (C=O) groups is 3. The molecule has 0 aromatic rings. The van der Waals surface area contributed by atoms with E-state index in [1.807, 2.05) is 0 Å². The third kappa shape index (κ3) is 61.7. The molecule has 440 valence electrons. The van der Waals surface area contributed by atoms with Crippen LogP contribution in [0.25, 0.3) is 0 Å². The van der Waals surface area contributed by atoms with Gasteiger partial charge in [-0.25, -0.2) is 0 Å². The first-order chi connectivity index (χ1) is 37.5. The molecule has 0 aliphatic rings. The van der Waals surface area contributed by atoms with Crippen molar-refractivity contribution in [2.45, 2.75) is 341 Å². The lowest BCUT2D eigenvalue weighted by atomic mass is 10.0. The summed E-state index contributed by atoms with van der Waals surface area (Å²) in [6.07, 6.45) is 83.5. The Morgan fingerprint density at radius 1 is 0.276 bits per heavy atom. The molecule has 0 saturated heterocycles. The lowest BCUT2D eigenvalue weighted by Gasteiger charge is -2.18. The Kier molecular flexibility index (Phi) is 61.7. The summed E-state index contributed by atoms with van der Waals surface area (Å²) in [5.74, 6) is -0.914. The molecule has 0 radical (unpaired) electrons. The van der Waals surface area contributed by atoms with Crippen molar-refractivity contribution in [2.75, 3.05) is 13.2 Å². The van der Waals surface area contributed by atoms with Gasteiger partial charge in [0.25, 0.3) is 0 Å². The van der Waals surface area contributed by atoms with Gasteiger partial charge in [0.1, 0.15) is 13.2 Å². The van der Waals surface area contributed by atoms with Crippen molar-refractivity contribution in [1.82, 2.24) is 0 Å². The molecule has 0 heterocycles. The third-order valence-electron chi connectivity index (χ3n) is 14.4. The van der Waals surface area contributed by atoms with E-state index in [0.717, 1.165) is 89.9 Å². The fourth-order valence-corrected chi connectivity index (χ4v) is 9.53. The molecule has 0 spiro atoms. The molecular weight excluding hydrogens is 937 g/mol. The first-order valence-corrected chi connectivity index (χ1v) is 32.9. The van der Waals surface area contributed by atoms with Crippen molar-refractivity contribution in [3.05, 3.63) is 72.9 Å². The van der Waals surface area contributed by atoms with E-state index in [1.54, 1.807) is 0 Å². The summed E-state index contributed by atoms with van der Waals surface area (Å²) in [5, 5.41) is 0. The van der Waals surface area contributed by atoms with Gasteiger partial charge in [0, 0.05) is 19.3 Å². The van der Waals surface area contributed by atoms with Gasteiger partial charge in [0.2, 0.25) is 0 Å². The number of ether oxygens (including phenoxy) is 3. The number of rotatable bonds is 60. The molecule has 0 aliphatic carbocycles. The van der Waals surface area contributed by atoms with Crippen LogP contribution in [-0.4, -0.2) is 37.2 Å². The minimum atomic E-state index is -0.793. The van der Waals surface area contributed by atoms with Gasteiger partial charge in [-0.2, -0.15) is 0 Å². The van der Waals surface area contributed by atoms with Gasteiger partial charge in [-0.1, -0.05) is 299 Å². The Hall–Kier alpha value is -3.15. The van der Waals surface area contributed by atoms with Crippen molar-refractivity contribution in [3.63, 3.8) is 0 Å². The second-order valence-corrected chi connectivity index (χ2v) is 22.0. The molecule has 1 atom stereocenters. The first-order valence-electron chi connectivity index (χ1n) is 32.9. The minimum absolute atomic E-state index is 0.0867. The fraction of sp³-hybridized carbons (Fsp3) is 0.786. The number of unbranched alkanes of at least 4 members (excludes halogenated alkanes) is 37. The second kappa shape index (κ2) is 64.4. The molecule has 0 rings (SSSR count). The topological polar surface area (TPSA) is 78.9 Å². The maximum atomic E-state index is 12.9. The highest BCUT2D eigenvalue weighted by Gasteiger charge is 2.19. The largest absolute Gasteiger partial charge is 0.462 e. The van der Waals surface area contributed by atoms with Gasteiger partial charge in [-0.3, -0.25) is 14.4 Å². The average Bonchev–Trinajstić information content (AvgIpc) is 3.42. The van der Waals surface area contributed by atoms with Crippen molar-refractivity contribution < 1.29 is 28.6 Å². The lowest BCUT2D eigenvalue weighted by molar-refractivity contribution is -0.167. The monoisotopic (exact) mass is 1060 g/mol. The SMILES string of the molecule is CC/C=C\C/C=C\C/C=C\C/C=C\CCCCC(=O)OCC(COC(=O)CCCCCCCCCCCCC/C=C\C/C=C\CCCCCCC)OC(=O)CCCCCCCCCCCCCCCCCCCCCC. The van der Waals surface area contributed by atoms with Crippen molar-refractivity contribution in [3.8, 4) is 0 Å². The molecule has 76 heavy (non-hydrogen) atoms. The van der Waals surface area contributed by atoms with Crippen LogP contribution in [0.5, 0.6) is 0 Å². The summed E-state index contributed by atoms with van der Waals surface area (Å²) in [5.41, 5.74) is 0.